The van der Waals surface area contributed by atoms with Crippen LogP contribution < -0.4 is 0 Å². The standard InChI is InChI=1S/C21H17IO4S/c1-16-11-13-19(14-12-16)27(23,24)26-22(18-8-3-2-4-9-18)21-15-17-7-5-6-10-20(17)25-21/h2-15H,1H3. The molecule has 0 aliphatic heterocycles. The average Bonchev–Trinajstić information content (AvgIpc) is 3.11. The van der Waals surface area contributed by atoms with Crippen molar-refractivity contribution in [3.05, 3.63) is 97.8 Å². The molecule has 0 N–H and O–H groups in total. The quantitative estimate of drug-likeness (QED) is 0.340. The normalized spacial score (nSPS) is 12.3. The van der Waals surface area contributed by atoms with Gasteiger partial charge in [0.05, 0.1) is 0 Å². The predicted molar refractivity (Wildman–Crippen MR) is 114 cm³/mol. The van der Waals surface area contributed by atoms with E-state index in [1.165, 1.54) is 0 Å². The van der Waals surface area contributed by atoms with Crippen molar-refractivity contribution in [2.45, 2.75) is 11.8 Å². The number of furan rings is 1. The van der Waals surface area contributed by atoms with E-state index < -0.39 is 30.4 Å². The van der Waals surface area contributed by atoms with Gasteiger partial charge in [-0.15, -0.1) is 0 Å². The maximum atomic E-state index is 12.9. The van der Waals surface area contributed by atoms with Gasteiger partial charge in [0.15, 0.2) is 0 Å². The molecular weight excluding hydrogens is 475 g/mol. The summed E-state index contributed by atoms with van der Waals surface area (Å²) in [7, 11) is -3.90. The second-order valence-electron chi connectivity index (χ2n) is 5.96. The summed E-state index contributed by atoms with van der Waals surface area (Å²) in [6.45, 7) is 1.91. The molecule has 0 amide bonds. The molecule has 0 saturated heterocycles. The second kappa shape index (κ2) is 7.46. The van der Waals surface area contributed by atoms with Crippen LogP contribution in [-0.4, -0.2) is 8.42 Å². The van der Waals surface area contributed by atoms with Gasteiger partial charge in [0.1, 0.15) is 0 Å². The summed E-state index contributed by atoms with van der Waals surface area (Å²) in [5.41, 5.74) is 1.71. The number of halogens is 1. The van der Waals surface area contributed by atoms with Gasteiger partial charge in [-0.05, 0) is 0 Å². The molecule has 0 unspecified atom stereocenters. The third-order valence-electron chi connectivity index (χ3n) is 3.95. The molecule has 0 saturated carbocycles. The molecule has 0 bridgehead atoms. The molecule has 1 aromatic heterocycles. The van der Waals surface area contributed by atoms with Crippen LogP contribution >= 0.6 is 20.2 Å². The van der Waals surface area contributed by atoms with E-state index in [2.05, 4.69) is 0 Å². The van der Waals surface area contributed by atoms with Crippen molar-refractivity contribution in [2.75, 3.05) is 0 Å². The number of aryl methyl sites for hydroxylation is 1. The van der Waals surface area contributed by atoms with Gasteiger partial charge in [0.25, 0.3) is 0 Å². The Bertz CT molecular complexity index is 1130. The molecule has 0 spiro atoms. The van der Waals surface area contributed by atoms with E-state index in [1.807, 2.05) is 67.6 Å². The number of hydrogen-bond acceptors (Lipinski definition) is 4. The molecule has 0 aliphatic rings. The fourth-order valence-corrected chi connectivity index (χ4v) is 9.34. The van der Waals surface area contributed by atoms with Gasteiger partial charge in [-0.2, -0.15) is 0 Å². The number of para-hydroxylation sites is 1. The van der Waals surface area contributed by atoms with Gasteiger partial charge >= 0.3 is 166 Å². The molecule has 1 heterocycles. The molecule has 4 aromatic rings. The molecule has 4 nitrogen and oxygen atoms in total. The maximum absolute atomic E-state index is 12.9. The van der Waals surface area contributed by atoms with Crippen LogP contribution in [0.4, 0.5) is 0 Å². The molecule has 4 rings (SSSR count). The summed E-state index contributed by atoms with van der Waals surface area (Å²) in [5.74, 6) is 0. The minimum atomic E-state index is -3.90. The number of benzene rings is 3. The molecule has 138 valence electrons. The summed E-state index contributed by atoms with van der Waals surface area (Å²) >= 11 is -2.81. The van der Waals surface area contributed by atoms with Crippen LogP contribution in [0.15, 0.2) is 94.2 Å². The Kier molecular flexibility index (Phi) is 5.03. The zero-order valence-corrected chi connectivity index (χ0v) is 17.5. The van der Waals surface area contributed by atoms with Crippen LogP contribution in [-0.2, 0) is 12.6 Å². The summed E-state index contributed by atoms with van der Waals surface area (Å²) < 4.78 is 39.0. The first-order valence-corrected chi connectivity index (χ1v) is 12.7. The first-order chi connectivity index (χ1) is 13.0. The van der Waals surface area contributed by atoms with Crippen LogP contribution in [0.3, 0.4) is 0 Å². The topological polar surface area (TPSA) is 56.5 Å². The SMILES string of the molecule is Cc1ccc(S(=O)(=O)OI(c2ccccc2)c2cc3ccccc3o2)cc1. The van der Waals surface area contributed by atoms with Crippen molar-refractivity contribution in [3.63, 3.8) is 0 Å². The molecule has 0 radical (unpaired) electrons. The Morgan fingerprint density at radius 3 is 2.22 bits per heavy atom. The zero-order valence-electron chi connectivity index (χ0n) is 14.5. The third kappa shape index (κ3) is 3.92. The summed E-state index contributed by atoms with van der Waals surface area (Å²) in [6.07, 6.45) is 0. The summed E-state index contributed by atoms with van der Waals surface area (Å²) in [5, 5.41) is 0.932. The van der Waals surface area contributed by atoms with Crippen LogP contribution in [0.25, 0.3) is 11.0 Å². The van der Waals surface area contributed by atoms with Gasteiger partial charge in [-0.25, -0.2) is 0 Å². The van der Waals surface area contributed by atoms with Crippen molar-refractivity contribution in [2.24, 2.45) is 0 Å². The van der Waals surface area contributed by atoms with E-state index in [4.69, 9.17) is 6.93 Å². The molecule has 0 aliphatic carbocycles. The molecule has 0 fully saturated rings. The first-order valence-electron chi connectivity index (χ1n) is 8.28. The van der Waals surface area contributed by atoms with Crippen LogP contribution in [0.2, 0.25) is 0 Å². The van der Waals surface area contributed by atoms with Gasteiger partial charge in [0.2, 0.25) is 0 Å². The molecule has 3 aromatic carbocycles. The van der Waals surface area contributed by atoms with E-state index in [1.54, 1.807) is 24.3 Å². The monoisotopic (exact) mass is 492 g/mol. The summed E-state index contributed by atoms with van der Waals surface area (Å²) in [4.78, 5) is 0.155. The Morgan fingerprint density at radius 2 is 1.52 bits per heavy atom. The molecular formula is C21H17IO4S. The van der Waals surface area contributed by atoms with Crippen molar-refractivity contribution in [1.82, 2.24) is 0 Å². The fourth-order valence-electron chi connectivity index (χ4n) is 2.56. The van der Waals surface area contributed by atoms with Crippen molar-refractivity contribution in [3.8, 4) is 0 Å². The average molecular weight is 492 g/mol. The molecule has 0 atom stereocenters. The number of hydrogen-bond donors (Lipinski definition) is 0. The predicted octanol–water partition coefficient (Wildman–Crippen LogP) is 5.61. The van der Waals surface area contributed by atoms with Crippen LogP contribution in [0.5, 0.6) is 0 Å². The van der Waals surface area contributed by atoms with Crippen LogP contribution in [0.1, 0.15) is 5.56 Å². The van der Waals surface area contributed by atoms with Crippen molar-refractivity contribution < 1.29 is 15.3 Å². The zero-order chi connectivity index (χ0) is 18.9. The Labute approximate surface area is 165 Å². The van der Waals surface area contributed by atoms with Gasteiger partial charge in [-0.1, -0.05) is 0 Å². The number of fused-ring (bicyclic) bond motifs is 1. The fraction of sp³-hybridized carbons (Fsp3) is 0.0476. The van der Waals surface area contributed by atoms with Crippen LogP contribution in [0, 0.1) is 14.3 Å². The van der Waals surface area contributed by atoms with Crippen molar-refractivity contribution in [1.29, 1.82) is 0 Å². The molecule has 27 heavy (non-hydrogen) atoms. The van der Waals surface area contributed by atoms with Crippen molar-refractivity contribution >= 4 is 41.3 Å². The second-order valence-corrected chi connectivity index (χ2v) is 12.3. The van der Waals surface area contributed by atoms with Gasteiger partial charge in [0, 0.05) is 0 Å². The Balaban J connectivity index is 1.78. The first kappa shape index (κ1) is 18.2. The van der Waals surface area contributed by atoms with Gasteiger partial charge in [-0.3, -0.25) is 0 Å². The Morgan fingerprint density at radius 1 is 0.852 bits per heavy atom. The van der Waals surface area contributed by atoms with E-state index >= 15 is 0 Å². The Hall–Kier alpha value is -2.16. The molecule has 6 heteroatoms. The number of rotatable bonds is 5. The van der Waals surface area contributed by atoms with E-state index in [0.717, 1.165) is 20.1 Å². The van der Waals surface area contributed by atoms with E-state index in [-0.39, 0.29) is 4.90 Å². The van der Waals surface area contributed by atoms with E-state index in [0.29, 0.717) is 3.77 Å². The van der Waals surface area contributed by atoms with E-state index in [9.17, 15) is 8.42 Å². The summed E-state index contributed by atoms with van der Waals surface area (Å²) in [6, 6.07) is 25.6. The minimum absolute atomic E-state index is 0.155. The van der Waals surface area contributed by atoms with Gasteiger partial charge < -0.3 is 0 Å². The third-order valence-corrected chi connectivity index (χ3v) is 10.9.